The summed E-state index contributed by atoms with van der Waals surface area (Å²) in [4.78, 5) is 19.2. The minimum absolute atomic E-state index is 0.444. The zero-order valence-corrected chi connectivity index (χ0v) is 10.5. The average molecular weight is 261 g/mol. The molecule has 3 aromatic rings. The van der Waals surface area contributed by atoms with Crippen molar-refractivity contribution in [1.82, 2.24) is 9.97 Å². The van der Waals surface area contributed by atoms with Gasteiger partial charge in [-0.25, -0.2) is 9.78 Å². The third-order valence-corrected chi connectivity index (χ3v) is 3.97. The molecular formula is C12H11N3O2S. The highest BCUT2D eigenvalue weighted by atomic mass is 32.1. The zero-order chi connectivity index (χ0) is 12.7. The van der Waals surface area contributed by atoms with E-state index in [1.807, 2.05) is 25.1 Å². The van der Waals surface area contributed by atoms with Crippen LogP contribution < -0.4 is 11.5 Å². The molecule has 0 spiro atoms. The van der Waals surface area contributed by atoms with Gasteiger partial charge in [0.1, 0.15) is 5.01 Å². The first-order valence-electron chi connectivity index (χ1n) is 5.47. The first kappa shape index (κ1) is 11.2. The van der Waals surface area contributed by atoms with Crippen LogP contribution in [0.1, 0.15) is 10.6 Å². The highest BCUT2D eigenvalue weighted by molar-refractivity contribution is 7.15. The molecule has 0 saturated heterocycles. The molecule has 0 aliphatic carbocycles. The molecule has 0 atom stereocenters. The lowest BCUT2D eigenvalue weighted by atomic mass is 10.2. The van der Waals surface area contributed by atoms with Crippen LogP contribution in [0, 0.1) is 6.92 Å². The Morgan fingerprint density at radius 2 is 2.33 bits per heavy atom. The number of rotatable bonds is 2. The summed E-state index contributed by atoms with van der Waals surface area (Å²) in [5, 5.41) is 0.888. The molecule has 3 N–H and O–H groups in total. The van der Waals surface area contributed by atoms with Crippen molar-refractivity contribution in [1.29, 1.82) is 0 Å². The Morgan fingerprint density at radius 3 is 3.06 bits per heavy atom. The van der Waals surface area contributed by atoms with Crippen molar-refractivity contribution in [2.45, 2.75) is 13.5 Å². The van der Waals surface area contributed by atoms with E-state index in [9.17, 15) is 4.79 Å². The molecule has 0 saturated carbocycles. The van der Waals surface area contributed by atoms with Crippen LogP contribution in [0.25, 0.3) is 21.7 Å². The van der Waals surface area contributed by atoms with Gasteiger partial charge in [-0.1, -0.05) is 0 Å². The summed E-state index contributed by atoms with van der Waals surface area (Å²) >= 11 is 1.56. The van der Waals surface area contributed by atoms with E-state index in [1.165, 1.54) is 0 Å². The maximum atomic E-state index is 11.1. The molecule has 5 nitrogen and oxygen atoms in total. The van der Waals surface area contributed by atoms with Crippen LogP contribution in [0.15, 0.2) is 27.4 Å². The highest BCUT2D eigenvalue weighted by Crippen LogP contribution is 2.29. The zero-order valence-electron chi connectivity index (χ0n) is 9.69. The third-order valence-electron chi connectivity index (χ3n) is 2.75. The molecule has 0 aliphatic heterocycles. The van der Waals surface area contributed by atoms with E-state index in [0.717, 1.165) is 21.1 Å². The number of benzene rings is 1. The average Bonchev–Trinajstić information content (AvgIpc) is 2.89. The number of oxazole rings is 1. The number of nitrogens with zero attached hydrogens (tertiary/aromatic N) is 1. The fraction of sp³-hybridized carbons (Fsp3) is 0.167. The number of thiazole rings is 1. The van der Waals surface area contributed by atoms with Gasteiger partial charge < -0.3 is 10.2 Å². The summed E-state index contributed by atoms with van der Waals surface area (Å²) in [6.45, 7) is 2.43. The summed E-state index contributed by atoms with van der Waals surface area (Å²) in [6.07, 6.45) is 0. The van der Waals surface area contributed by atoms with E-state index in [-0.39, 0.29) is 0 Å². The van der Waals surface area contributed by atoms with Crippen molar-refractivity contribution < 1.29 is 4.42 Å². The van der Waals surface area contributed by atoms with Gasteiger partial charge in [-0.15, -0.1) is 11.3 Å². The predicted molar refractivity (Wildman–Crippen MR) is 70.6 cm³/mol. The second-order valence-electron chi connectivity index (χ2n) is 3.96. The Bertz CT molecular complexity index is 769. The maximum Gasteiger partial charge on any atom is 0.417 e. The van der Waals surface area contributed by atoms with Crippen LogP contribution in [0.4, 0.5) is 0 Å². The fourth-order valence-corrected chi connectivity index (χ4v) is 2.76. The number of aromatic nitrogens is 2. The fourth-order valence-electron chi connectivity index (χ4n) is 1.82. The molecule has 3 rings (SSSR count). The topological polar surface area (TPSA) is 84.9 Å². The van der Waals surface area contributed by atoms with Crippen LogP contribution in [0.5, 0.6) is 0 Å². The Balaban J connectivity index is 2.15. The number of H-pyrrole nitrogens is 1. The van der Waals surface area contributed by atoms with Crippen molar-refractivity contribution in [2.75, 3.05) is 0 Å². The van der Waals surface area contributed by atoms with Crippen molar-refractivity contribution in [3.8, 4) is 10.6 Å². The predicted octanol–water partition coefficient (Wildman–Crippen LogP) is 2.01. The first-order chi connectivity index (χ1) is 8.67. The molecule has 92 valence electrons. The molecule has 6 heteroatoms. The van der Waals surface area contributed by atoms with Crippen molar-refractivity contribution >= 4 is 22.4 Å². The van der Waals surface area contributed by atoms with Gasteiger partial charge in [-0.05, 0) is 25.1 Å². The van der Waals surface area contributed by atoms with Crippen molar-refractivity contribution in [3.05, 3.63) is 39.3 Å². The SMILES string of the molecule is Cc1nc(-c2ccc3[nH]c(=O)oc3c2)sc1CN. The summed E-state index contributed by atoms with van der Waals surface area (Å²) in [6, 6.07) is 5.53. The molecule has 0 amide bonds. The Hall–Kier alpha value is -1.92. The molecule has 0 bridgehead atoms. The van der Waals surface area contributed by atoms with Gasteiger partial charge in [0.2, 0.25) is 0 Å². The number of nitrogens with two attached hydrogens (primary N) is 1. The number of aromatic amines is 1. The van der Waals surface area contributed by atoms with Crippen LogP contribution in [0.3, 0.4) is 0 Å². The largest absolute Gasteiger partial charge is 0.417 e. The van der Waals surface area contributed by atoms with Crippen LogP contribution in [-0.2, 0) is 6.54 Å². The van der Waals surface area contributed by atoms with E-state index >= 15 is 0 Å². The van der Waals surface area contributed by atoms with Gasteiger partial charge >= 0.3 is 5.76 Å². The van der Waals surface area contributed by atoms with E-state index in [0.29, 0.717) is 17.6 Å². The monoisotopic (exact) mass is 261 g/mol. The van der Waals surface area contributed by atoms with E-state index in [4.69, 9.17) is 10.2 Å². The second-order valence-corrected chi connectivity index (χ2v) is 5.04. The molecule has 0 radical (unpaired) electrons. The van der Waals surface area contributed by atoms with Crippen LogP contribution in [0.2, 0.25) is 0 Å². The molecular weight excluding hydrogens is 250 g/mol. The van der Waals surface area contributed by atoms with Gasteiger partial charge in [0.15, 0.2) is 5.58 Å². The van der Waals surface area contributed by atoms with E-state index in [2.05, 4.69) is 9.97 Å². The second kappa shape index (κ2) is 4.08. The number of aryl methyl sites for hydroxylation is 1. The van der Waals surface area contributed by atoms with E-state index in [1.54, 1.807) is 11.3 Å². The minimum Gasteiger partial charge on any atom is -0.408 e. The van der Waals surface area contributed by atoms with Crippen LogP contribution in [-0.4, -0.2) is 9.97 Å². The molecule has 2 aromatic heterocycles. The number of hydrogen-bond acceptors (Lipinski definition) is 5. The van der Waals surface area contributed by atoms with Gasteiger partial charge in [-0.2, -0.15) is 0 Å². The molecule has 2 heterocycles. The lowest BCUT2D eigenvalue weighted by Crippen LogP contribution is -1.94. The molecule has 0 unspecified atom stereocenters. The first-order valence-corrected chi connectivity index (χ1v) is 6.28. The highest BCUT2D eigenvalue weighted by Gasteiger charge is 2.10. The smallest absolute Gasteiger partial charge is 0.408 e. The van der Waals surface area contributed by atoms with E-state index < -0.39 is 5.76 Å². The molecule has 0 fully saturated rings. The third kappa shape index (κ3) is 1.75. The summed E-state index contributed by atoms with van der Waals surface area (Å²) < 4.78 is 5.03. The van der Waals surface area contributed by atoms with Gasteiger partial charge in [0, 0.05) is 17.0 Å². The van der Waals surface area contributed by atoms with Gasteiger partial charge in [-0.3, -0.25) is 4.98 Å². The minimum atomic E-state index is -0.444. The summed E-state index contributed by atoms with van der Waals surface area (Å²) in [5.74, 6) is -0.444. The number of fused-ring (bicyclic) bond motifs is 1. The van der Waals surface area contributed by atoms with Crippen molar-refractivity contribution in [2.24, 2.45) is 5.73 Å². The summed E-state index contributed by atoms with van der Waals surface area (Å²) in [7, 11) is 0. The molecule has 0 aliphatic rings. The maximum absolute atomic E-state index is 11.1. The normalized spacial score (nSPS) is 11.2. The number of nitrogens with one attached hydrogen (secondary N) is 1. The lowest BCUT2D eigenvalue weighted by Gasteiger charge is -1.94. The van der Waals surface area contributed by atoms with Gasteiger partial charge in [0.05, 0.1) is 11.2 Å². The Kier molecular flexibility index (Phi) is 2.53. The molecule has 18 heavy (non-hydrogen) atoms. The van der Waals surface area contributed by atoms with Crippen molar-refractivity contribution in [3.63, 3.8) is 0 Å². The Labute approximate surface area is 106 Å². The number of hydrogen-bond donors (Lipinski definition) is 2. The summed E-state index contributed by atoms with van der Waals surface area (Å²) in [5.41, 5.74) is 8.75. The quantitative estimate of drug-likeness (QED) is 0.739. The van der Waals surface area contributed by atoms with Gasteiger partial charge in [0.25, 0.3) is 0 Å². The lowest BCUT2D eigenvalue weighted by molar-refractivity contribution is 0.555. The standard InChI is InChI=1S/C12H11N3O2S/c1-6-10(5-13)18-11(14-6)7-2-3-8-9(4-7)17-12(16)15-8/h2-4H,5,13H2,1H3,(H,15,16). The Morgan fingerprint density at radius 1 is 1.50 bits per heavy atom. The molecule has 1 aromatic carbocycles. The van der Waals surface area contributed by atoms with Crippen LogP contribution >= 0.6 is 11.3 Å².